The molecule has 0 bridgehead atoms. The molecule has 1 aromatic heterocycles. The third-order valence-corrected chi connectivity index (χ3v) is 5.08. The van der Waals surface area contributed by atoms with Crippen LogP contribution < -0.4 is 4.74 Å². The molecule has 0 spiro atoms. The molecule has 0 amide bonds. The van der Waals surface area contributed by atoms with Crippen LogP contribution in [0.5, 0.6) is 5.75 Å². The molecule has 0 atom stereocenters. The van der Waals surface area contributed by atoms with Crippen LogP contribution in [0.3, 0.4) is 0 Å². The number of aliphatic imine (C=N–C) groups is 1. The number of thiazole rings is 1. The van der Waals surface area contributed by atoms with Crippen LogP contribution in [-0.4, -0.2) is 22.0 Å². The Morgan fingerprint density at radius 3 is 2.58 bits per heavy atom. The number of fused-ring (bicyclic) bond motifs is 1. The first-order valence-electron chi connectivity index (χ1n) is 8.11. The topological polar surface area (TPSA) is 71.8 Å². The average Bonchev–Trinajstić information content (AvgIpc) is 3.11. The summed E-state index contributed by atoms with van der Waals surface area (Å²) >= 11 is 1.45. The van der Waals surface area contributed by atoms with E-state index in [-0.39, 0.29) is 11.1 Å². The van der Waals surface area contributed by atoms with Gasteiger partial charge < -0.3 is 9.84 Å². The smallest absolute Gasteiger partial charge is 0.335 e. The van der Waals surface area contributed by atoms with Gasteiger partial charge in [0.05, 0.1) is 16.8 Å². The zero-order valence-corrected chi connectivity index (χ0v) is 15.1. The molecule has 130 valence electrons. The minimum atomic E-state index is -0.943. The second-order valence-electron chi connectivity index (χ2n) is 6.49. The van der Waals surface area contributed by atoms with E-state index in [1.165, 1.54) is 11.3 Å². The van der Waals surface area contributed by atoms with Gasteiger partial charge in [-0.05, 0) is 32.0 Å². The first-order valence-corrected chi connectivity index (χ1v) is 8.99. The Morgan fingerprint density at radius 2 is 1.85 bits per heavy atom. The summed E-state index contributed by atoms with van der Waals surface area (Å²) in [5, 5.41) is 11.6. The highest BCUT2D eigenvalue weighted by Gasteiger charge is 2.31. The largest absolute Gasteiger partial charge is 0.478 e. The van der Waals surface area contributed by atoms with Crippen molar-refractivity contribution in [3.63, 3.8) is 0 Å². The number of carboxylic acid groups (broad SMARTS) is 1. The van der Waals surface area contributed by atoms with E-state index in [2.05, 4.69) is 4.98 Å². The van der Waals surface area contributed by atoms with Crippen molar-refractivity contribution in [2.24, 2.45) is 4.99 Å². The van der Waals surface area contributed by atoms with Gasteiger partial charge in [0.15, 0.2) is 5.01 Å². The molecule has 2 heterocycles. The quantitative estimate of drug-likeness (QED) is 0.738. The van der Waals surface area contributed by atoms with E-state index in [1.54, 1.807) is 24.3 Å². The maximum absolute atomic E-state index is 11.0. The number of nitrogens with zero attached hydrogens (tertiary/aromatic N) is 2. The molecule has 0 fully saturated rings. The maximum Gasteiger partial charge on any atom is 0.335 e. The van der Waals surface area contributed by atoms with Gasteiger partial charge >= 0.3 is 5.97 Å². The number of hydrogen-bond donors (Lipinski definition) is 1. The SMILES string of the molecule is CC1(C)N=C(c2nc(-c3ccc(C(=O)O)cc3)cs2)Oc2ccccc21. The highest BCUT2D eigenvalue weighted by Crippen LogP contribution is 2.37. The zero-order valence-electron chi connectivity index (χ0n) is 14.3. The number of aromatic nitrogens is 1. The fourth-order valence-electron chi connectivity index (χ4n) is 2.88. The fourth-order valence-corrected chi connectivity index (χ4v) is 3.63. The number of carbonyl (C=O) groups is 1. The van der Waals surface area contributed by atoms with E-state index in [4.69, 9.17) is 14.8 Å². The molecule has 3 aromatic rings. The highest BCUT2D eigenvalue weighted by atomic mass is 32.1. The van der Waals surface area contributed by atoms with Gasteiger partial charge in [0.25, 0.3) is 5.90 Å². The molecule has 0 aliphatic carbocycles. The molecule has 1 N–H and O–H groups in total. The van der Waals surface area contributed by atoms with E-state index in [9.17, 15) is 4.79 Å². The van der Waals surface area contributed by atoms with Crippen molar-refractivity contribution in [3.8, 4) is 17.0 Å². The van der Waals surface area contributed by atoms with E-state index in [0.29, 0.717) is 10.9 Å². The zero-order chi connectivity index (χ0) is 18.3. The van der Waals surface area contributed by atoms with Crippen molar-refractivity contribution in [1.29, 1.82) is 0 Å². The standard InChI is InChI=1S/C20H16N2O3S/c1-20(2)14-5-3-4-6-16(14)25-17(22-20)18-21-15(11-26-18)12-7-9-13(10-8-12)19(23)24/h3-11H,1-2H3,(H,23,24). The van der Waals surface area contributed by atoms with Crippen LogP contribution in [0.15, 0.2) is 58.9 Å². The molecular formula is C20H16N2O3S. The van der Waals surface area contributed by atoms with Crippen LogP contribution in [0.1, 0.15) is 34.8 Å². The number of carboxylic acids is 1. The van der Waals surface area contributed by atoms with Gasteiger partial charge in [0, 0.05) is 16.5 Å². The third-order valence-electron chi connectivity index (χ3n) is 4.25. The number of benzene rings is 2. The minimum absolute atomic E-state index is 0.252. The van der Waals surface area contributed by atoms with Crippen molar-refractivity contribution in [2.75, 3.05) is 0 Å². The Balaban J connectivity index is 1.66. The van der Waals surface area contributed by atoms with Crippen LogP contribution in [0.2, 0.25) is 0 Å². The molecule has 4 rings (SSSR count). The maximum atomic E-state index is 11.0. The molecule has 0 unspecified atom stereocenters. The Kier molecular flexibility index (Phi) is 3.85. The number of ether oxygens (including phenoxy) is 1. The van der Waals surface area contributed by atoms with Gasteiger partial charge in [-0.1, -0.05) is 30.3 Å². The summed E-state index contributed by atoms with van der Waals surface area (Å²) in [6.45, 7) is 4.10. The predicted molar refractivity (Wildman–Crippen MR) is 101 cm³/mol. The normalized spacial score (nSPS) is 14.9. The molecule has 0 saturated carbocycles. The molecule has 6 heteroatoms. The van der Waals surface area contributed by atoms with Crippen LogP contribution in [-0.2, 0) is 5.54 Å². The number of hydrogen-bond acceptors (Lipinski definition) is 5. The second kappa shape index (κ2) is 6.07. The molecule has 26 heavy (non-hydrogen) atoms. The van der Waals surface area contributed by atoms with Crippen molar-refractivity contribution in [3.05, 3.63) is 70.0 Å². The van der Waals surface area contributed by atoms with Crippen molar-refractivity contribution >= 4 is 23.2 Å². The first-order chi connectivity index (χ1) is 12.4. The fraction of sp³-hybridized carbons (Fsp3) is 0.150. The molecule has 5 nitrogen and oxygen atoms in total. The van der Waals surface area contributed by atoms with Crippen LogP contribution in [0.4, 0.5) is 0 Å². The first kappa shape index (κ1) is 16.5. The summed E-state index contributed by atoms with van der Waals surface area (Å²) in [5.74, 6) is 0.360. The summed E-state index contributed by atoms with van der Waals surface area (Å²) < 4.78 is 5.97. The van der Waals surface area contributed by atoms with Gasteiger partial charge in [0.1, 0.15) is 5.75 Å². The lowest BCUT2D eigenvalue weighted by molar-refractivity contribution is 0.0697. The van der Waals surface area contributed by atoms with Gasteiger partial charge in [-0.25, -0.2) is 14.8 Å². The van der Waals surface area contributed by atoms with Crippen LogP contribution in [0.25, 0.3) is 11.3 Å². The Bertz CT molecular complexity index is 1020. The number of para-hydroxylation sites is 1. The van der Waals surface area contributed by atoms with Crippen molar-refractivity contribution in [2.45, 2.75) is 19.4 Å². The summed E-state index contributed by atoms with van der Waals surface area (Å²) in [5.41, 5.74) is 2.53. The van der Waals surface area contributed by atoms with Crippen molar-refractivity contribution in [1.82, 2.24) is 4.98 Å². The lowest BCUT2D eigenvalue weighted by atomic mass is 9.93. The Morgan fingerprint density at radius 1 is 1.12 bits per heavy atom. The molecule has 2 aromatic carbocycles. The van der Waals surface area contributed by atoms with Gasteiger partial charge in [0.2, 0.25) is 0 Å². The second-order valence-corrected chi connectivity index (χ2v) is 7.35. The molecule has 0 saturated heterocycles. The van der Waals surface area contributed by atoms with E-state index >= 15 is 0 Å². The lowest BCUT2D eigenvalue weighted by Gasteiger charge is -2.28. The summed E-state index contributed by atoms with van der Waals surface area (Å²) in [7, 11) is 0. The Labute approximate surface area is 154 Å². The molecular weight excluding hydrogens is 348 g/mol. The summed E-state index contributed by atoms with van der Waals surface area (Å²) in [6.07, 6.45) is 0. The van der Waals surface area contributed by atoms with Gasteiger partial charge in [-0.2, -0.15) is 0 Å². The molecule has 0 radical (unpaired) electrons. The van der Waals surface area contributed by atoms with Crippen LogP contribution in [0, 0.1) is 0 Å². The minimum Gasteiger partial charge on any atom is -0.478 e. The number of rotatable bonds is 3. The van der Waals surface area contributed by atoms with E-state index in [1.807, 2.05) is 43.5 Å². The predicted octanol–water partition coefficient (Wildman–Crippen LogP) is 4.58. The summed E-state index contributed by atoms with van der Waals surface area (Å²) in [4.78, 5) is 20.3. The third kappa shape index (κ3) is 2.88. The van der Waals surface area contributed by atoms with Gasteiger partial charge in [-0.15, -0.1) is 11.3 Å². The summed E-state index contributed by atoms with van der Waals surface area (Å²) in [6, 6.07) is 14.5. The highest BCUT2D eigenvalue weighted by molar-refractivity contribution is 7.12. The monoisotopic (exact) mass is 364 g/mol. The lowest BCUT2D eigenvalue weighted by Crippen LogP contribution is -2.27. The van der Waals surface area contributed by atoms with Crippen molar-refractivity contribution < 1.29 is 14.6 Å². The molecule has 1 aliphatic heterocycles. The molecule has 1 aliphatic rings. The Hall–Kier alpha value is -2.99. The van der Waals surface area contributed by atoms with E-state index < -0.39 is 5.97 Å². The van der Waals surface area contributed by atoms with Crippen LogP contribution >= 0.6 is 11.3 Å². The van der Waals surface area contributed by atoms with E-state index in [0.717, 1.165) is 22.6 Å². The van der Waals surface area contributed by atoms with Gasteiger partial charge in [-0.3, -0.25) is 0 Å². The number of aromatic carboxylic acids is 1. The average molecular weight is 364 g/mol.